The number of carboxylic acids is 1. The maximum absolute atomic E-state index is 11.4. The Morgan fingerprint density at radius 2 is 1.90 bits per heavy atom. The number of carboxylic acid groups (broad SMARTS) is 1. The van der Waals surface area contributed by atoms with Crippen LogP contribution in [0.1, 0.15) is 64.7 Å². The Hall–Kier alpha value is -1.32. The lowest BCUT2D eigenvalue weighted by molar-refractivity contribution is -0.150. The molecule has 0 aromatic carbocycles. The molecule has 20 heavy (non-hydrogen) atoms. The average molecular weight is 281 g/mol. The average Bonchev–Trinajstić information content (AvgIpc) is 2.43. The molecule has 4 heteroatoms. The molecule has 1 saturated carbocycles. The number of allylic oxidation sites excluding steroid dienone is 1. The standard InChI is InChI=1S/C16H25O4/c1-2-3-5-10-13(15(17)18)11-14(16(19)20)12-8-6-4-7-9-12/h10,12,14H,2-9,11H2,1H3,(H,17,18). The second kappa shape index (κ2) is 8.77. The third-order valence-electron chi connectivity index (χ3n) is 4.18. The maximum atomic E-state index is 11.4. The first-order valence-electron chi connectivity index (χ1n) is 7.69. The molecule has 0 amide bonds. The quantitative estimate of drug-likeness (QED) is 0.544. The summed E-state index contributed by atoms with van der Waals surface area (Å²) in [5.74, 6) is -2.68. The van der Waals surface area contributed by atoms with Gasteiger partial charge in [-0.3, -0.25) is 0 Å². The SMILES string of the molecule is CCCCC=C(CC(C([O])=O)C1CCCCC1)C(=O)O. The molecule has 0 aliphatic heterocycles. The van der Waals surface area contributed by atoms with Gasteiger partial charge in [-0.2, -0.15) is 0 Å². The monoisotopic (exact) mass is 281 g/mol. The number of carbonyl (C=O) groups excluding carboxylic acids is 1. The molecule has 1 N–H and O–H groups in total. The number of hydrogen-bond donors (Lipinski definition) is 1. The Balaban J connectivity index is 2.72. The van der Waals surface area contributed by atoms with Crippen molar-refractivity contribution in [3.05, 3.63) is 11.6 Å². The van der Waals surface area contributed by atoms with Crippen molar-refractivity contribution in [3.8, 4) is 0 Å². The van der Waals surface area contributed by atoms with E-state index in [1.807, 2.05) is 6.92 Å². The lowest BCUT2D eigenvalue weighted by atomic mass is 9.77. The van der Waals surface area contributed by atoms with E-state index >= 15 is 0 Å². The minimum atomic E-state index is -1.10. The zero-order valence-electron chi connectivity index (χ0n) is 12.3. The third-order valence-corrected chi connectivity index (χ3v) is 4.18. The maximum Gasteiger partial charge on any atom is 0.359 e. The Morgan fingerprint density at radius 3 is 2.40 bits per heavy atom. The molecule has 0 heterocycles. The van der Waals surface area contributed by atoms with E-state index in [4.69, 9.17) is 0 Å². The van der Waals surface area contributed by atoms with Crippen LogP contribution in [-0.4, -0.2) is 17.0 Å². The van der Waals surface area contributed by atoms with Crippen molar-refractivity contribution in [3.63, 3.8) is 0 Å². The van der Waals surface area contributed by atoms with Gasteiger partial charge in [0.15, 0.2) is 0 Å². The van der Waals surface area contributed by atoms with Gasteiger partial charge in [-0.25, -0.2) is 14.7 Å². The Labute approximate surface area is 120 Å². The summed E-state index contributed by atoms with van der Waals surface area (Å²) in [6.45, 7) is 2.04. The number of unbranched alkanes of at least 4 members (excludes halogenated alkanes) is 2. The van der Waals surface area contributed by atoms with Crippen LogP contribution in [0.15, 0.2) is 11.6 Å². The molecule has 0 spiro atoms. The third kappa shape index (κ3) is 5.35. The van der Waals surface area contributed by atoms with Gasteiger partial charge in [0.2, 0.25) is 0 Å². The van der Waals surface area contributed by atoms with Gasteiger partial charge in [0, 0.05) is 5.57 Å². The molecule has 1 aliphatic carbocycles. The zero-order valence-corrected chi connectivity index (χ0v) is 12.3. The van der Waals surface area contributed by atoms with Crippen LogP contribution < -0.4 is 0 Å². The summed E-state index contributed by atoms with van der Waals surface area (Å²) in [5.41, 5.74) is 0.234. The van der Waals surface area contributed by atoms with Crippen LogP contribution in [0.4, 0.5) is 0 Å². The molecule has 0 aromatic rings. The molecular weight excluding hydrogens is 256 g/mol. The van der Waals surface area contributed by atoms with Crippen LogP contribution in [-0.2, 0) is 14.7 Å². The van der Waals surface area contributed by atoms with Crippen molar-refractivity contribution >= 4 is 11.9 Å². The van der Waals surface area contributed by atoms with Gasteiger partial charge >= 0.3 is 11.9 Å². The highest BCUT2D eigenvalue weighted by Crippen LogP contribution is 2.33. The largest absolute Gasteiger partial charge is 0.478 e. The van der Waals surface area contributed by atoms with E-state index in [9.17, 15) is 19.8 Å². The highest BCUT2D eigenvalue weighted by atomic mass is 16.4. The van der Waals surface area contributed by atoms with Crippen molar-refractivity contribution in [2.75, 3.05) is 0 Å². The van der Waals surface area contributed by atoms with E-state index < -0.39 is 17.9 Å². The summed E-state index contributed by atoms with van der Waals surface area (Å²) in [6, 6.07) is 0. The highest BCUT2D eigenvalue weighted by Gasteiger charge is 2.32. The van der Waals surface area contributed by atoms with Crippen molar-refractivity contribution < 1.29 is 19.8 Å². The van der Waals surface area contributed by atoms with Crippen molar-refractivity contribution in [2.45, 2.75) is 64.7 Å². The topological polar surface area (TPSA) is 74.3 Å². The summed E-state index contributed by atoms with van der Waals surface area (Å²) in [4.78, 5) is 22.6. The summed E-state index contributed by atoms with van der Waals surface area (Å²) in [6.07, 6.45) is 9.38. The molecule has 0 aromatic heterocycles. The Morgan fingerprint density at radius 1 is 1.25 bits per heavy atom. The van der Waals surface area contributed by atoms with Gasteiger partial charge in [0.1, 0.15) is 0 Å². The molecule has 4 nitrogen and oxygen atoms in total. The summed E-state index contributed by atoms with van der Waals surface area (Å²) in [5, 5.41) is 20.6. The number of hydrogen-bond acceptors (Lipinski definition) is 2. The Bertz CT molecular complexity index is 353. The van der Waals surface area contributed by atoms with E-state index in [1.165, 1.54) is 0 Å². The first-order chi connectivity index (χ1) is 9.56. The normalized spacial score (nSPS) is 18.8. The lowest BCUT2D eigenvalue weighted by Crippen LogP contribution is -2.26. The van der Waals surface area contributed by atoms with E-state index in [1.54, 1.807) is 6.08 Å². The first kappa shape index (κ1) is 16.7. The van der Waals surface area contributed by atoms with E-state index in [-0.39, 0.29) is 17.9 Å². The van der Waals surface area contributed by atoms with Crippen molar-refractivity contribution in [1.29, 1.82) is 0 Å². The first-order valence-corrected chi connectivity index (χ1v) is 7.69. The number of rotatable bonds is 8. The zero-order chi connectivity index (χ0) is 15.0. The fourth-order valence-corrected chi connectivity index (χ4v) is 2.95. The molecule has 1 atom stereocenters. The van der Waals surface area contributed by atoms with Gasteiger partial charge < -0.3 is 5.11 Å². The molecule has 0 bridgehead atoms. The van der Waals surface area contributed by atoms with Crippen LogP contribution in [0.5, 0.6) is 0 Å². The van der Waals surface area contributed by atoms with E-state index in [2.05, 4.69) is 0 Å². The van der Waals surface area contributed by atoms with Crippen molar-refractivity contribution in [1.82, 2.24) is 0 Å². The van der Waals surface area contributed by atoms with Crippen LogP contribution >= 0.6 is 0 Å². The summed E-state index contributed by atoms with van der Waals surface area (Å²) >= 11 is 0. The second-order valence-electron chi connectivity index (χ2n) is 5.70. The minimum absolute atomic E-state index is 0.0719. The van der Waals surface area contributed by atoms with Crippen molar-refractivity contribution in [2.24, 2.45) is 11.8 Å². The van der Waals surface area contributed by atoms with Gasteiger partial charge in [-0.1, -0.05) is 45.1 Å². The predicted molar refractivity (Wildman–Crippen MR) is 75.6 cm³/mol. The van der Waals surface area contributed by atoms with Crippen LogP contribution in [0.2, 0.25) is 0 Å². The molecule has 1 aliphatic rings. The smallest absolute Gasteiger partial charge is 0.359 e. The van der Waals surface area contributed by atoms with Gasteiger partial charge in [0.05, 0.1) is 5.92 Å². The molecule has 0 saturated heterocycles. The minimum Gasteiger partial charge on any atom is -0.478 e. The van der Waals surface area contributed by atoms with Crippen LogP contribution in [0.25, 0.3) is 0 Å². The Kier molecular flexibility index (Phi) is 7.34. The molecule has 1 unspecified atom stereocenters. The fourth-order valence-electron chi connectivity index (χ4n) is 2.95. The predicted octanol–water partition coefficient (Wildman–Crippen LogP) is 3.73. The van der Waals surface area contributed by atoms with Crippen LogP contribution in [0, 0.1) is 11.8 Å². The van der Waals surface area contributed by atoms with Crippen LogP contribution in [0.3, 0.4) is 0 Å². The fraction of sp³-hybridized carbons (Fsp3) is 0.750. The molecular formula is C16H25O4. The molecule has 1 fully saturated rings. The van der Waals surface area contributed by atoms with E-state index in [0.29, 0.717) is 6.42 Å². The van der Waals surface area contributed by atoms with E-state index in [0.717, 1.165) is 44.9 Å². The van der Waals surface area contributed by atoms with Gasteiger partial charge in [0.25, 0.3) is 0 Å². The second-order valence-corrected chi connectivity index (χ2v) is 5.70. The lowest BCUT2D eigenvalue weighted by Gasteiger charge is -2.26. The molecule has 113 valence electrons. The summed E-state index contributed by atoms with van der Waals surface area (Å²) in [7, 11) is 0. The highest BCUT2D eigenvalue weighted by molar-refractivity contribution is 5.87. The number of carbonyl (C=O) groups is 2. The summed E-state index contributed by atoms with van der Waals surface area (Å²) < 4.78 is 0. The molecule has 1 rings (SSSR count). The van der Waals surface area contributed by atoms with Gasteiger partial charge in [-0.15, -0.1) is 0 Å². The number of aliphatic carboxylic acids is 1. The molecule has 1 radical (unpaired) electrons. The van der Waals surface area contributed by atoms with Gasteiger partial charge in [-0.05, 0) is 31.6 Å².